The molecule has 0 N–H and O–H groups in total. The topological polar surface area (TPSA) is 0 Å². The summed E-state index contributed by atoms with van der Waals surface area (Å²) < 4.78 is 36.8. The van der Waals surface area contributed by atoms with Crippen LogP contribution >= 0.6 is 11.6 Å². The normalized spacial score (nSPS) is 10.7. The Kier molecular flexibility index (Phi) is 6.49. The van der Waals surface area contributed by atoms with E-state index in [2.05, 4.69) is 0 Å². The van der Waals surface area contributed by atoms with Gasteiger partial charge in [0.2, 0.25) is 0 Å². The lowest BCUT2D eigenvalue weighted by atomic mass is 10.1. The highest BCUT2D eigenvalue weighted by atomic mass is 35.5. The number of benzene rings is 1. The Labute approximate surface area is 99.4 Å². The largest absolute Gasteiger partial charge is 0.417 e. The van der Waals surface area contributed by atoms with Crippen LogP contribution in [0, 0.1) is 0 Å². The predicted molar refractivity (Wildman–Crippen MR) is 61.8 cm³/mol. The number of alkyl halides is 3. The summed E-state index contributed by atoms with van der Waals surface area (Å²) >= 11 is 5.53. The molecular formula is C12H16ClF3. The smallest absolute Gasteiger partial charge is 0.166 e. The van der Waals surface area contributed by atoms with Crippen molar-refractivity contribution in [2.24, 2.45) is 0 Å². The van der Waals surface area contributed by atoms with Crippen LogP contribution in [0.15, 0.2) is 18.2 Å². The lowest BCUT2D eigenvalue weighted by molar-refractivity contribution is -0.137. The van der Waals surface area contributed by atoms with Gasteiger partial charge in [0.25, 0.3) is 0 Å². The van der Waals surface area contributed by atoms with Crippen LogP contribution in [0.2, 0.25) is 5.02 Å². The van der Waals surface area contributed by atoms with Gasteiger partial charge in [-0.3, -0.25) is 0 Å². The summed E-state index contributed by atoms with van der Waals surface area (Å²) in [5, 5.41) is -0.219. The minimum absolute atomic E-state index is 0.219. The van der Waals surface area contributed by atoms with Crippen LogP contribution in [-0.4, -0.2) is 0 Å². The molecular weight excluding hydrogens is 237 g/mol. The third kappa shape index (κ3) is 4.44. The molecule has 0 saturated heterocycles. The molecule has 0 aromatic heterocycles. The third-order valence-corrected chi connectivity index (χ3v) is 2.19. The quantitative estimate of drug-likeness (QED) is 0.667. The molecule has 16 heavy (non-hydrogen) atoms. The van der Waals surface area contributed by atoms with Crippen LogP contribution < -0.4 is 0 Å². The Morgan fingerprint density at radius 1 is 1.19 bits per heavy atom. The maximum Gasteiger partial charge on any atom is 0.417 e. The molecule has 1 aromatic carbocycles. The molecule has 0 atom stereocenters. The molecule has 0 radical (unpaired) electrons. The van der Waals surface area contributed by atoms with E-state index in [-0.39, 0.29) is 5.02 Å². The van der Waals surface area contributed by atoms with E-state index >= 15 is 0 Å². The number of hydrogen-bond donors (Lipinski definition) is 0. The van der Waals surface area contributed by atoms with E-state index in [1.54, 1.807) is 0 Å². The average Bonchev–Trinajstić information content (AvgIpc) is 2.19. The Hall–Kier alpha value is -0.700. The van der Waals surface area contributed by atoms with Gasteiger partial charge in [0.1, 0.15) is 0 Å². The molecule has 0 bridgehead atoms. The van der Waals surface area contributed by atoms with Gasteiger partial charge in [0.05, 0.1) is 10.6 Å². The second-order valence-corrected chi connectivity index (χ2v) is 3.47. The van der Waals surface area contributed by atoms with Crippen LogP contribution in [0.5, 0.6) is 0 Å². The standard InChI is InChI=1S/C10H10ClF3.C2H6/c1-2-3-7-4-5-8(9(11)6-7)10(12,13)14;1-2/h4-6H,2-3H2,1H3;1-2H3. The fourth-order valence-electron chi connectivity index (χ4n) is 1.23. The van der Waals surface area contributed by atoms with Crippen LogP contribution in [-0.2, 0) is 12.6 Å². The van der Waals surface area contributed by atoms with Crippen molar-refractivity contribution in [3.8, 4) is 0 Å². The van der Waals surface area contributed by atoms with Crippen molar-refractivity contribution < 1.29 is 13.2 Å². The molecule has 0 saturated carbocycles. The number of halogens is 4. The Bertz CT molecular complexity index is 319. The van der Waals surface area contributed by atoms with E-state index in [1.165, 1.54) is 12.1 Å². The molecule has 92 valence electrons. The number of aryl methyl sites for hydroxylation is 1. The van der Waals surface area contributed by atoms with Crippen molar-refractivity contribution >= 4 is 11.6 Å². The predicted octanol–water partition coefficient (Wildman–Crippen LogP) is 5.34. The van der Waals surface area contributed by atoms with E-state index in [0.717, 1.165) is 24.5 Å². The zero-order chi connectivity index (χ0) is 12.8. The van der Waals surface area contributed by atoms with E-state index < -0.39 is 11.7 Å². The van der Waals surface area contributed by atoms with Crippen LogP contribution in [0.4, 0.5) is 13.2 Å². The summed E-state index contributed by atoms with van der Waals surface area (Å²) in [7, 11) is 0. The van der Waals surface area contributed by atoms with Gasteiger partial charge in [-0.25, -0.2) is 0 Å². The molecule has 0 nitrogen and oxygen atoms in total. The third-order valence-electron chi connectivity index (χ3n) is 1.88. The van der Waals surface area contributed by atoms with E-state index in [1.807, 2.05) is 20.8 Å². The van der Waals surface area contributed by atoms with Gasteiger partial charge in [0, 0.05) is 0 Å². The molecule has 0 aliphatic carbocycles. The summed E-state index contributed by atoms with van der Waals surface area (Å²) in [6, 6.07) is 3.89. The van der Waals surface area contributed by atoms with Crippen LogP contribution in [0.25, 0.3) is 0 Å². The van der Waals surface area contributed by atoms with Gasteiger partial charge < -0.3 is 0 Å². The van der Waals surface area contributed by atoms with E-state index in [4.69, 9.17) is 11.6 Å². The SMILES string of the molecule is CC.CCCc1ccc(C(F)(F)F)c(Cl)c1. The lowest BCUT2D eigenvalue weighted by Gasteiger charge is -2.09. The van der Waals surface area contributed by atoms with Crippen molar-refractivity contribution in [2.45, 2.75) is 39.8 Å². The van der Waals surface area contributed by atoms with E-state index in [9.17, 15) is 13.2 Å². The highest BCUT2D eigenvalue weighted by molar-refractivity contribution is 6.31. The first-order chi connectivity index (χ1) is 7.45. The summed E-state index contributed by atoms with van der Waals surface area (Å²) in [4.78, 5) is 0. The molecule has 0 fully saturated rings. The molecule has 0 amide bonds. The monoisotopic (exact) mass is 252 g/mol. The Balaban J connectivity index is 0.00000106. The molecule has 4 heteroatoms. The first-order valence-electron chi connectivity index (χ1n) is 5.30. The first kappa shape index (κ1) is 15.3. The van der Waals surface area contributed by atoms with Crippen LogP contribution in [0.3, 0.4) is 0 Å². The van der Waals surface area contributed by atoms with Gasteiger partial charge in [-0.1, -0.05) is 44.9 Å². The van der Waals surface area contributed by atoms with Crippen molar-refractivity contribution in [3.63, 3.8) is 0 Å². The fraction of sp³-hybridized carbons (Fsp3) is 0.500. The zero-order valence-corrected chi connectivity index (χ0v) is 10.4. The molecule has 0 heterocycles. The highest BCUT2D eigenvalue weighted by Crippen LogP contribution is 2.34. The lowest BCUT2D eigenvalue weighted by Crippen LogP contribution is -2.05. The second kappa shape index (κ2) is 6.79. The first-order valence-corrected chi connectivity index (χ1v) is 5.68. The number of rotatable bonds is 2. The molecule has 0 unspecified atom stereocenters. The van der Waals surface area contributed by atoms with Crippen molar-refractivity contribution in [1.29, 1.82) is 0 Å². The summed E-state index contributed by atoms with van der Waals surface area (Å²) in [5.74, 6) is 0. The summed E-state index contributed by atoms with van der Waals surface area (Å²) in [5.41, 5.74) is 0.0736. The van der Waals surface area contributed by atoms with Gasteiger partial charge in [-0.15, -0.1) is 0 Å². The Morgan fingerprint density at radius 2 is 1.75 bits per heavy atom. The second-order valence-electron chi connectivity index (χ2n) is 3.06. The Morgan fingerprint density at radius 3 is 2.12 bits per heavy atom. The van der Waals surface area contributed by atoms with Gasteiger partial charge >= 0.3 is 6.18 Å². The zero-order valence-electron chi connectivity index (χ0n) is 9.66. The molecule has 0 aliphatic heterocycles. The van der Waals surface area contributed by atoms with Crippen molar-refractivity contribution in [3.05, 3.63) is 34.3 Å². The van der Waals surface area contributed by atoms with Gasteiger partial charge in [-0.2, -0.15) is 13.2 Å². The van der Waals surface area contributed by atoms with Gasteiger partial charge in [0.15, 0.2) is 0 Å². The molecule has 0 aliphatic rings. The highest BCUT2D eigenvalue weighted by Gasteiger charge is 2.32. The fourth-order valence-corrected chi connectivity index (χ4v) is 1.54. The molecule has 0 spiro atoms. The minimum Gasteiger partial charge on any atom is -0.166 e. The van der Waals surface area contributed by atoms with Crippen molar-refractivity contribution in [1.82, 2.24) is 0 Å². The minimum atomic E-state index is -4.36. The van der Waals surface area contributed by atoms with Crippen LogP contribution in [0.1, 0.15) is 38.3 Å². The summed E-state index contributed by atoms with van der Waals surface area (Å²) in [6.45, 7) is 5.96. The molecule has 1 aromatic rings. The van der Waals surface area contributed by atoms with E-state index in [0.29, 0.717) is 0 Å². The van der Waals surface area contributed by atoms with Crippen molar-refractivity contribution in [2.75, 3.05) is 0 Å². The van der Waals surface area contributed by atoms with Gasteiger partial charge in [-0.05, 0) is 24.1 Å². The number of hydrogen-bond acceptors (Lipinski definition) is 0. The maximum absolute atomic E-state index is 12.3. The molecule has 1 rings (SSSR count). The maximum atomic E-state index is 12.3. The average molecular weight is 253 g/mol. The summed E-state index contributed by atoms with van der Waals surface area (Å²) in [6.07, 6.45) is -2.72.